The summed E-state index contributed by atoms with van der Waals surface area (Å²) in [5.74, 6) is -0.0370. The number of benzene rings is 2. The predicted molar refractivity (Wildman–Crippen MR) is 103 cm³/mol. The Bertz CT molecular complexity index is 1020. The predicted octanol–water partition coefficient (Wildman–Crippen LogP) is 4.27. The van der Waals surface area contributed by atoms with Gasteiger partial charge in [0.25, 0.3) is 5.91 Å². The number of hydrogen-bond donors (Lipinski definition) is 0. The van der Waals surface area contributed by atoms with Crippen LogP contribution in [0.25, 0.3) is 10.8 Å². The Kier molecular flexibility index (Phi) is 3.85. The lowest BCUT2D eigenvalue weighted by atomic mass is 9.87. The maximum Gasteiger partial charge on any atom is 0.257 e. The van der Waals surface area contributed by atoms with Gasteiger partial charge in [0.1, 0.15) is 6.26 Å². The van der Waals surface area contributed by atoms with Crippen LogP contribution < -0.4 is 0 Å². The lowest BCUT2D eigenvalue weighted by molar-refractivity contribution is 0.0637. The summed E-state index contributed by atoms with van der Waals surface area (Å²) in [6, 6.07) is 12.1. The minimum atomic E-state index is -0.145. The third-order valence-electron chi connectivity index (χ3n) is 5.99. The number of carbonyl (C=O) groups excluding carboxylic acids is 2. The number of ketones is 1. The average molecular weight is 359 g/mol. The summed E-state index contributed by atoms with van der Waals surface area (Å²) in [4.78, 5) is 27.8. The number of nitrogens with zero attached hydrogens (tertiary/aromatic N) is 1. The van der Waals surface area contributed by atoms with Gasteiger partial charge in [-0.2, -0.15) is 0 Å². The third-order valence-corrected chi connectivity index (χ3v) is 5.99. The van der Waals surface area contributed by atoms with E-state index < -0.39 is 0 Å². The fraction of sp³-hybridized carbons (Fsp3) is 0.304. The number of hydrogen-bond acceptors (Lipinski definition) is 3. The van der Waals surface area contributed by atoms with E-state index >= 15 is 0 Å². The minimum absolute atomic E-state index is 0.0540. The molecule has 1 aliphatic carbocycles. The average Bonchev–Trinajstić information content (AvgIpc) is 3.39. The summed E-state index contributed by atoms with van der Waals surface area (Å²) >= 11 is 0. The van der Waals surface area contributed by atoms with Crippen molar-refractivity contribution < 1.29 is 14.0 Å². The van der Waals surface area contributed by atoms with Gasteiger partial charge >= 0.3 is 0 Å². The molecular weight excluding hydrogens is 338 g/mol. The molecule has 1 atom stereocenters. The van der Waals surface area contributed by atoms with E-state index in [2.05, 4.69) is 24.3 Å². The second kappa shape index (κ2) is 6.38. The van der Waals surface area contributed by atoms with Crippen molar-refractivity contribution in [2.75, 3.05) is 13.1 Å². The number of likely N-dealkylation sites (tertiary alicyclic amines) is 1. The smallest absolute Gasteiger partial charge is 0.257 e. The van der Waals surface area contributed by atoms with E-state index in [1.807, 2.05) is 6.07 Å². The van der Waals surface area contributed by atoms with Gasteiger partial charge in [-0.3, -0.25) is 9.59 Å². The van der Waals surface area contributed by atoms with Gasteiger partial charge < -0.3 is 9.32 Å². The molecule has 0 N–H and O–H groups in total. The summed E-state index contributed by atoms with van der Waals surface area (Å²) in [6.45, 7) is 1.17. The van der Waals surface area contributed by atoms with Crippen molar-refractivity contribution in [2.45, 2.75) is 25.7 Å². The molecule has 1 aliphatic heterocycles. The van der Waals surface area contributed by atoms with Gasteiger partial charge in [-0.25, -0.2) is 0 Å². The highest BCUT2D eigenvalue weighted by molar-refractivity contribution is 6.11. The Hall–Kier alpha value is -2.88. The van der Waals surface area contributed by atoms with Crippen molar-refractivity contribution in [3.05, 3.63) is 71.2 Å². The maximum absolute atomic E-state index is 13.4. The van der Waals surface area contributed by atoms with E-state index in [1.54, 1.807) is 11.0 Å². The molecule has 27 heavy (non-hydrogen) atoms. The first kappa shape index (κ1) is 16.3. The maximum atomic E-state index is 13.4. The molecule has 3 aromatic rings. The van der Waals surface area contributed by atoms with Crippen LogP contribution in [0, 0.1) is 5.92 Å². The molecule has 4 nitrogen and oxygen atoms in total. The molecule has 1 amide bonds. The first-order valence-corrected chi connectivity index (χ1v) is 9.61. The topological polar surface area (TPSA) is 50.5 Å². The van der Waals surface area contributed by atoms with Gasteiger partial charge in [-0.1, -0.05) is 30.3 Å². The van der Waals surface area contributed by atoms with Gasteiger partial charge in [0.2, 0.25) is 0 Å². The van der Waals surface area contributed by atoms with Crippen LogP contribution in [-0.4, -0.2) is 29.7 Å². The second-order valence-electron chi connectivity index (χ2n) is 7.58. The Morgan fingerprint density at radius 3 is 2.70 bits per heavy atom. The quantitative estimate of drug-likeness (QED) is 0.656. The van der Waals surface area contributed by atoms with Crippen molar-refractivity contribution in [3.63, 3.8) is 0 Å². The number of amides is 1. The van der Waals surface area contributed by atoms with Crippen LogP contribution in [-0.2, 0) is 12.8 Å². The van der Waals surface area contributed by atoms with Crippen LogP contribution in [0.4, 0.5) is 0 Å². The van der Waals surface area contributed by atoms with Gasteiger partial charge in [0.05, 0.1) is 11.8 Å². The zero-order chi connectivity index (χ0) is 18.4. The summed E-state index contributed by atoms with van der Waals surface area (Å²) in [7, 11) is 0. The van der Waals surface area contributed by atoms with Crippen molar-refractivity contribution in [1.29, 1.82) is 0 Å². The van der Waals surface area contributed by atoms with Crippen LogP contribution in [0.2, 0.25) is 0 Å². The highest BCUT2D eigenvalue weighted by Gasteiger charge is 2.31. The molecule has 5 rings (SSSR count). The van der Waals surface area contributed by atoms with Crippen LogP contribution in [0.3, 0.4) is 0 Å². The van der Waals surface area contributed by atoms with Crippen LogP contribution in [0.5, 0.6) is 0 Å². The van der Waals surface area contributed by atoms with E-state index in [4.69, 9.17) is 4.42 Å². The summed E-state index contributed by atoms with van der Waals surface area (Å²) in [5.41, 5.74) is 4.05. The lowest BCUT2D eigenvalue weighted by Crippen LogP contribution is -2.42. The fourth-order valence-corrected chi connectivity index (χ4v) is 4.63. The summed E-state index contributed by atoms with van der Waals surface area (Å²) in [5, 5.41) is 2.34. The van der Waals surface area contributed by atoms with E-state index in [-0.39, 0.29) is 17.6 Å². The van der Waals surface area contributed by atoms with Crippen LogP contribution >= 0.6 is 0 Å². The number of piperidine rings is 1. The van der Waals surface area contributed by atoms with Crippen molar-refractivity contribution >= 4 is 22.5 Å². The Balaban J connectivity index is 1.45. The zero-order valence-electron chi connectivity index (χ0n) is 15.1. The van der Waals surface area contributed by atoms with Gasteiger partial charge in [0.15, 0.2) is 5.78 Å². The number of rotatable bonds is 3. The molecule has 1 aromatic heterocycles. The van der Waals surface area contributed by atoms with E-state index in [0.29, 0.717) is 18.7 Å². The SMILES string of the molecule is O=C(c1ccc2c3c(cccc13)CC2)C1CCCN(C(=O)c2ccoc2)C1. The number of carbonyl (C=O) groups is 2. The summed E-state index contributed by atoms with van der Waals surface area (Å²) < 4.78 is 5.03. The lowest BCUT2D eigenvalue weighted by Gasteiger charge is -2.32. The van der Waals surface area contributed by atoms with E-state index in [9.17, 15) is 9.59 Å². The molecule has 136 valence electrons. The third kappa shape index (κ3) is 2.67. The van der Waals surface area contributed by atoms with Crippen molar-refractivity contribution in [2.24, 2.45) is 5.92 Å². The molecule has 2 aromatic carbocycles. The van der Waals surface area contributed by atoms with Gasteiger partial charge in [-0.15, -0.1) is 0 Å². The number of furan rings is 1. The fourth-order valence-electron chi connectivity index (χ4n) is 4.63. The normalized spacial score (nSPS) is 18.8. The number of Topliss-reactive ketones (excluding diaryl/α,β-unsaturated/α-hetero) is 1. The molecule has 2 aliphatic rings. The van der Waals surface area contributed by atoms with E-state index in [0.717, 1.165) is 36.6 Å². The molecule has 1 unspecified atom stereocenters. The summed E-state index contributed by atoms with van der Waals surface area (Å²) in [6.07, 6.45) is 6.77. The molecule has 4 heteroatoms. The molecule has 0 spiro atoms. The molecule has 0 saturated carbocycles. The Morgan fingerprint density at radius 1 is 1.04 bits per heavy atom. The largest absolute Gasteiger partial charge is 0.472 e. The first-order chi connectivity index (χ1) is 13.2. The molecular formula is C23H21NO3. The van der Waals surface area contributed by atoms with Gasteiger partial charge in [0, 0.05) is 24.6 Å². The molecule has 2 heterocycles. The number of aryl methyl sites for hydroxylation is 2. The highest BCUT2D eigenvalue weighted by Crippen LogP contribution is 2.34. The molecule has 1 fully saturated rings. The minimum Gasteiger partial charge on any atom is -0.472 e. The highest BCUT2D eigenvalue weighted by atomic mass is 16.3. The molecule has 0 radical (unpaired) electrons. The van der Waals surface area contributed by atoms with Crippen molar-refractivity contribution in [1.82, 2.24) is 4.90 Å². The molecule has 0 bridgehead atoms. The Morgan fingerprint density at radius 2 is 1.89 bits per heavy atom. The molecule has 1 saturated heterocycles. The van der Waals surface area contributed by atoms with Crippen LogP contribution in [0.15, 0.2) is 53.3 Å². The monoisotopic (exact) mass is 359 g/mol. The standard InChI is InChI=1S/C23H21NO3/c25-22(17-4-2-11-24(13-17)23(26)18-10-12-27-14-18)20-9-8-16-7-6-15-3-1-5-19(20)21(15)16/h1,3,5,8-10,12,14,17H,2,4,6-7,11,13H2. The Labute approximate surface area is 157 Å². The van der Waals surface area contributed by atoms with Crippen LogP contribution in [0.1, 0.15) is 44.7 Å². The van der Waals surface area contributed by atoms with Crippen molar-refractivity contribution in [3.8, 4) is 0 Å². The first-order valence-electron chi connectivity index (χ1n) is 9.61. The zero-order valence-corrected chi connectivity index (χ0v) is 15.1. The second-order valence-corrected chi connectivity index (χ2v) is 7.58. The van der Waals surface area contributed by atoms with Gasteiger partial charge in [-0.05, 0) is 53.6 Å². The van der Waals surface area contributed by atoms with E-state index in [1.165, 1.54) is 29.0 Å².